The first kappa shape index (κ1) is 8.74. The third kappa shape index (κ3) is 1.90. The van der Waals surface area contributed by atoms with Gasteiger partial charge in [0.25, 0.3) is 0 Å². The quantitative estimate of drug-likeness (QED) is 0.782. The van der Waals surface area contributed by atoms with E-state index in [1.165, 1.54) is 0 Å². The van der Waals surface area contributed by atoms with Crippen LogP contribution in [0.4, 0.5) is 11.4 Å². The van der Waals surface area contributed by atoms with Gasteiger partial charge in [-0.3, -0.25) is 9.67 Å². The van der Waals surface area contributed by atoms with Gasteiger partial charge < -0.3 is 5.32 Å². The number of nitrogens with zero attached hydrogens (tertiary/aromatic N) is 3. The molecule has 0 radical (unpaired) electrons. The minimum atomic E-state index is 0.984. The van der Waals surface area contributed by atoms with E-state index in [4.69, 9.17) is 0 Å². The summed E-state index contributed by atoms with van der Waals surface area (Å²) in [7, 11) is 1.89. The van der Waals surface area contributed by atoms with Gasteiger partial charge >= 0.3 is 0 Å². The number of anilines is 2. The van der Waals surface area contributed by atoms with Crippen LogP contribution in [0, 0.1) is 6.92 Å². The molecule has 0 saturated carbocycles. The molecule has 0 bridgehead atoms. The zero-order chi connectivity index (χ0) is 9.97. The monoisotopic (exact) mass is 188 g/mol. The number of aromatic nitrogens is 3. The number of pyridine rings is 1. The van der Waals surface area contributed by atoms with E-state index in [0.29, 0.717) is 0 Å². The minimum Gasteiger partial charge on any atom is -0.353 e. The molecule has 0 aliphatic carbocycles. The van der Waals surface area contributed by atoms with Crippen LogP contribution in [0.1, 0.15) is 5.69 Å². The van der Waals surface area contributed by atoms with Gasteiger partial charge in [-0.2, -0.15) is 5.10 Å². The lowest BCUT2D eigenvalue weighted by Crippen LogP contribution is -1.90. The molecule has 0 fully saturated rings. The normalized spacial score (nSPS) is 10.1. The van der Waals surface area contributed by atoms with Crippen molar-refractivity contribution in [1.82, 2.24) is 14.8 Å². The minimum absolute atomic E-state index is 0.984. The maximum absolute atomic E-state index is 4.13. The van der Waals surface area contributed by atoms with E-state index < -0.39 is 0 Å². The predicted octanol–water partition coefficient (Wildman–Crippen LogP) is 1.87. The average Bonchev–Trinajstić information content (AvgIpc) is 2.51. The van der Waals surface area contributed by atoms with Gasteiger partial charge in [0.15, 0.2) is 0 Å². The van der Waals surface area contributed by atoms with Crippen molar-refractivity contribution < 1.29 is 0 Å². The van der Waals surface area contributed by atoms with E-state index in [0.717, 1.165) is 17.1 Å². The maximum atomic E-state index is 4.13. The largest absolute Gasteiger partial charge is 0.353 e. The SMILES string of the molecule is Cc1cc(Nc2cnn(C)c2)ccn1. The second kappa shape index (κ2) is 3.49. The molecule has 0 aliphatic rings. The molecule has 14 heavy (non-hydrogen) atoms. The van der Waals surface area contributed by atoms with Gasteiger partial charge in [0.05, 0.1) is 11.9 Å². The summed E-state index contributed by atoms with van der Waals surface area (Å²) in [5.74, 6) is 0. The standard InChI is InChI=1S/C10H12N4/c1-8-5-9(3-4-11-8)13-10-6-12-14(2)7-10/h3-7H,1-2H3,(H,11,13). The summed E-state index contributed by atoms with van der Waals surface area (Å²) in [6.07, 6.45) is 5.50. The van der Waals surface area contributed by atoms with E-state index >= 15 is 0 Å². The van der Waals surface area contributed by atoms with Crippen molar-refractivity contribution in [3.05, 3.63) is 36.4 Å². The number of hydrogen-bond donors (Lipinski definition) is 1. The van der Waals surface area contributed by atoms with Crippen molar-refractivity contribution in [3.63, 3.8) is 0 Å². The molecule has 1 N–H and O–H groups in total. The van der Waals surface area contributed by atoms with E-state index in [2.05, 4.69) is 15.4 Å². The Labute approximate surface area is 82.6 Å². The molecule has 0 amide bonds. The van der Waals surface area contributed by atoms with Gasteiger partial charge in [0.1, 0.15) is 0 Å². The molecule has 0 aliphatic heterocycles. The summed E-state index contributed by atoms with van der Waals surface area (Å²) in [5, 5.41) is 7.32. The first-order chi connectivity index (χ1) is 6.74. The Balaban J connectivity index is 2.18. The molecular formula is C10H12N4. The van der Waals surface area contributed by atoms with Crippen LogP contribution in [0.3, 0.4) is 0 Å². The molecule has 4 heteroatoms. The lowest BCUT2D eigenvalue weighted by Gasteiger charge is -2.02. The van der Waals surface area contributed by atoms with Gasteiger partial charge in [0.2, 0.25) is 0 Å². The van der Waals surface area contributed by atoms with Crippen molar-refractivity contribution in [2.24, 2.45) is 7.05 Å². The van der Waals surface area contributed by atoms with Crippen molar-refractivity contribution in [2.45, 2.75) is 6.92 Å². The van der Waals surface area contributed by atoms with E-state index in [1.54, 1.807) is 17.1 Å². The first-order valence-electron chi connectivity index (χ1n) is 4.42. The molecule has 0 unspecified atom stereocenters. The van der Waals surface area contributed by atoms with Crippen LogP contribution in [0.2, 0.25) is 0 Å². The van der Waals surface area contributed by atoms with Crippen LogP contribution in [0.25, 0.3) is 0 Å². The zero-order valence-corrected chi connectivity index (χ0v) is 8.23. The smallest absolute Gasteiger partial charge is 0.0770 e. The summed E-state index contributed by atoms with van der Waals surface area (Å²) in [4.78, 5) is 4.13. The second-order valence-corrected chi connectivity index (χ2v) is 3.21. The Morgan fingerprint density at radius 3 is 2.86 bits per heavy atom. The first-order valence-corrected chi connectivity index (χ1v) is 4.42. The molecule has 2 rings (SSSR count). The van der Waals surface area contributed by atoms with Gasteiger partial charge in [-0.15, -0.1) is 0 Å². The topological polar surface area (TPSA) is 42.7 Å². The highest BCUT2D eigenvalue weighted by Gasteiger charge is 1.96. The highest BCUT2D eigenvalue weighted by molar-refractivity contribution is 5.57. The molecule has 0 spiro atoms. The Kier molecular flexibility index (Phi) is 2.18. The number of aryl methyl sites for hydroxylation is 2. The zero-order valence-electron chi connectivity index (χ0n) is 8.23. The second-order valence-electron chi connectivity index (χ2n) is 3.21. The molecule has 0 saturated heterocycles. The maximum Gasteiger partial charge on any atom is 0.0770 e. The van der Waals surface area contributed by atoms with Crippen LogP contribution in [0.5, 0.6) is 0 Å². The Hall–Kier alpha value is -1.84. The molecule has 2 aromatic heterocycles. The molecule has 72 valence electrons. The van der Waals surface area contributed by atoms with Crippen molar-refractivity contribution >= 4 is 11.4 Å². The van der Waals surface area contributed by atoms with E-state index in [-0.39, 0.29) is 0 Å². The molecular weight excluding hydrogens is 176 g/mol. The Morgan fingerprint density at radius 2 is 2.21 bits per heavy atom. The van der Waals surface area contributed by atoms with Crippen molar-refractivity contribution in [3.8, 4) is 0 Å². The number of hydrogen-bond acceptors (Lipinski definition) is 3. The molecule has 0 atom stereocenters. The van der Waals surface area contributed by atoms with Gasteiger partial charge in [-0.25, -0.2) is 0 Å². The van der Waals surface area contributed by atoms with Gasteiger partial charge in [-0.05, 0) is 19.1 Å². The molecule has 4 nitrogen and oxygen atoms in total. The van der Waals surface area contributed by atoms with Crippen LogP contribution < -0.4 is 5.32 Å². The summed E-state index contributed by atoms with van der Waals surface area (Å²) >= 11 is 0. The summed E-state index contributed by atoms with van der Waals surface area (Å²) in [5.41, 5.74) is 3.02. The van der Waals surface area contributed by atoms with Crippen LogP contribution in [-0.2, 0) is 7.05 Å². The fraction of sp³-hybridized carbons (Fsp3) is 0.200. The van der Waals surface area contributed by atoms with Gasteiger partial charge in [0, 0.05) is 30.8 Å². The molecule has 2 aromatic rings. The predicted molar refractivity (Wildman–Crippen MR) is 55.5 cm³/mol. The van der Waals surface area contributed by atoms with E-state index in [1.807, 2.05) is 32.3 Å². The Morgan fingerprint density at radius 1 is 1.36 bits per heavy atom. The summed E-state index contributed by atoms with van der Waals surface area (Å²) < 4.78 is 1.76. The fourth-order valence-corrected chi connectivity index (χ4v) is 1.28. The highest BCUT2D eigenvalue weighted by atomic mass is 15.3. The van der Waals surface area contributed by atoms with Crippen LogP contribution in [0.15, 0.2) is 30.7 Å². The number of rotatable bonds is 2. The number of nitrogens with one attached hydrogen (secondary N) is 1. The lowest BCUT2D eigenvalue weighted by atomic mass is 10.3. The van der Waals surface area contributed by atoms with Crippen LogP contribution >= 0.6 is 0 Å². The summed E-state index contributed by atoms with van der Waals surface area (Å²) in [6.45, 7) is 1.97. The van der Waals surface area contributed by atoms with Crippen molar-refractivity contribution in [2.75, 3.05) is 5.32 Å². The Bertz CT molecular complexity index is 433. The molecule has 2 heterocycles. The molecule has 0 aromatic carbocycles. The van der Waals surface area contributed by atoms with E-state index in [9.17, 15) is 0 Å². The highest BCUT2D eigenvalue weighted by Crippen LogP contribution is 2.14. The fourth-order valence-electron chi connectivity index (χ4n) is 1.28. The summed E-state index contributed by atoms with van der Waals surface area (Å²) in [6, 6.07) is 3.92. The third-order valence-electron chi connectivity index (χ3n) is 1.89. The average molecular weight is 188 g/mol. The van der Waals surface area contributed by atoms with Crippen molar-refractivity contribution in [1.29, 1.82) is 0 Å². The lowest BCUT2D eigenvalue weighted by molar-refractivity contribution is 0.768. The van der Waals surface area contributed by atoms with Gasteiger partial charge in [-0.1, -0.05) is 0 Å². The van der Waals surface area contributed by atoms with Crippen LogP contribution in [-0.4, -0.2) is 14.8 Å². The third-order valence-corrected chi connectivity index (χ3v) is 1.89.